The Morgan fingerprint density at radius 1 is 1.21 bits per heavy atom. The van der Waals surface area contributed by atoms with Crippen LogP contribution in [0.25, 0.3) is 0 Å². The van der Waals surface area contributed by atoms with Crippen molar-refractivity contribution in [2.45, 2.75) is 23.6 Å². The van der Waals surface area contributed by atoms with Gasteiger partial charge in [0.1, 0.15) is 4.08 Å². The summed E-state index contributed by atoms with van der Waals surface area (Å²) >= 11 is 0.655. The first kappa shape index (κ1) is 16.2. The van der Waals surface area contributed by atoms with Crippen molar-refractivity contribution in [2.24, 2.45) is 0 Å². The van der Waals surface area contributed by atoms with Crippen molar-refractivity contribution < 1.29 is 21.6 Å². The van der Waals surface area contributed by atoms with Gasteiger partial charge in [0, 0.05) is 5.69 Å². The molecular formula is C11H14F3NO2S2. The molecule has 0 spiro atoms. The molecule has 0 aromatic heterocycles. The van der Waals surface area contributed by atoms with E-state index in [0.717, 1.165) is 6.92 Å². The minimum absolute atomic E-state index is 0.241. The summed E-state index contributed by atoms with van der Waals surface area (Å²) in [4.78, 5) is 0. The third-order valence-electron chi connectivity index (χ3n) is 2.55. The van der Waals surface area contributed by atoms with Crippen molar-refractivity contribution in [3.8, 4) is 0 Å². The number of nitrogens with one attached hydrogen (secondary N) is 1. The summed E-state index contributed by atoms with van der Waals surface area (Å²) in [6.07, 6.45) is -4.62. The number of rotatable bonds is 5. The molecule has 8 heteroatoms. The normalized spacial score (nSPS) is 15.8. The molecule has 0 saturated heterocycles. The van der Waals surface area contributed by atoms with Crippen LogP contribution in [0.4, 0.5) is 18.9 Å². The first-order valence-electron chi connectivity index (χ1n) is 5.29. The highest BCUT2D eigenvalue weighted by Gasteiger charge is 2.47. The van der Waals surface area contributed by atoms with Crippen LogP contribution < -0.4 is 4.72 Å². The minimum Gasteiger partial charge on any atom is -0.282 e. The number of benzene rings is 1. The molecule has 0 fully saturated rings. The molecule has 0 aliphatic heterocycles. The largest absolute Gasteiger partial charge is 0.391 e. The number of alkyl halides is 3. The Kier molecular flexibility index (Phi) is 4.78. The van der Waals surface area contributed by atoms with Crippen LogP contribution in [0.1, 0.15) is 13.3 Å². The average Bonchev–Trinajstić information content (AvgIpc) is 2.27. The van der Waals surface area contributed by atoms with Crippen molar-refractivity contribution in [1.29, 1.82) is 0 Å². The van der Waals surface area contributed by atoms with Crippen molar-refractivity contribution in [2.75, 3.05) is 11.0 Å². The number of anilines is 1. The number of sulfonamides is 1. The van der Waals surface area contributed by atoms with Crippen molar-refractivity contribution >= 4 is 27.5 Å². The molecule has 0 radical (unpaired) electrons. The number of halogens is 3. The van der Waals surface area contributed by atoms with Crippen LogP contribution in [0.5, 0.6) is 0 Å². The molecule has 0 saturated carbocycles. The van der Waals surface area contributed by atoms with Crippen LogP contribution >= 0.6 is 11.8 Å². The molecule has 19 heavy (non-hydrogen) atoms. The topological polar surface area (TPSA) is 46.2 Å². The molecule has 1 aromatic rings. The molecule has 0 amide bonds. The second-order valence-electron chi connectivity index (χ2n) is 4.10. The molecule has 0 bridgehead atoms. The lowest BCUT2D eigenvalue weighted by molar-refractivity contribution is -0.135. The smallest absolute Gasteiger partial charge is 0.282 e. The summed E-state index contributed by atoms with van der Waals surface area (Å²) < 4.78 is 61.9. The minimum atomic E-state index is -4.55. The lowest BCUT2D eigenvalue weighted by Gasteiger charge is -2.28. The van der Waals surface area contributed by atoms with Crippen LogP contribution in [0.3, 0.4) is 0 Å². The highest BCUT2D eigenvalue weighted by Crippen LogP contribution is 2.40. The van der Waals surface area contributed by atoms with Gasteiger partial charge in [-0.3, -0.25) is 4.72 Å². The SMILES string of the molecule is CSC(C)(CC(F)(F)F)S(=O)(=O)Nc1ccccc1. The Morgan fingerprint density at radius 2 is 1.74 bits per heavy atom. The van der Waals surface area contributed by atoms with Crippen LogP contribution in [-0.4, -0.2) is 24.9 Å². The Hall–Kier alpha value is -0.890. The molecule has 0 aliphatic rings. The van der Waals surface area contributed by atoms with E-state index in [9.17, 15) is 21.6 Å². The monoisotopic (exact) mass is 313 g/mol. The van der Waals surface area contributed by atoms with E-state index in [2.05, 4.69) is 4.72 Å². The summed E-state index contributed by atoms with van der Waals surface area (Å²) in [7, 11) is -4.17. The quantitative estimate of drug-likeness (QED) is 0.905. The van der Waals surface area contributed by atoms with Crippen LogP contribution in [-0.2, 0) is 10.0 Å². The van der Waals surface area contributed by atoms with Crippen molar-refractivity contribution in [1.82, 2.24) is 0 Å². The predicted molar refractivity (Wildman–Crippen MR) is 71.6 cm³/mol. The van der Waals surface area contributed by atoms with Gasteiger partial charge < -0.3 is 0 Å². The molecular weight excluding hydrogens is 299 g/mol. The van der Waals surface area contributed by atoms with Crippen LogP contribution in [0, 0.1) is 0 Å². The number of hydrogen-bond acceptors (Lipinski definition) is 3. The highest BCUT2D eigenvalue weighted by atomic mass is 32.3. The molecule has 1 atom stereocenters. The molecule has 0 aliphatic carbocycles. The Balaban J connectivity index is 3.02. The maximum atomic E-state index is 12.5. The highest BCUT2D eigenvalue weighted by molar-refractivity contribution is 8.14. The van der Waals surface area contributed by atoms with E-state index in [4.69, 9.17) is 0 Å². The van der Waals surface area contributed by atoms with Gasteiger partial charge in [0.05, 0.1) is 6.42 Å². The Morgan fingerprint density at radius 3 is 2.16 bits per heavy atom. The van der Waals surface area contributed by atoms with E-state index in [1.54, 1.807) is 18.2 Å². The summed E-state index contributed by atoms with van der Waals surface area (Å²) in [5.41, 5.74) is 0.241. The van der Waals surface area contributed by atoms with E-state index in [1.807, 2.05) is 0 Å². The fourth-order valence-electron chi connectivity index (χ4n) is 1.41. The third-order valence-corrected chi connectivity index (χ3v) is 6.50. The van der Waals surface area contributed by atoms with E-state index in [1.165, 1.54) is 18.4 Å². The molecule has 1 unspecified atom stereocenters. The van der Waals surface area contributed by atoms with Crippen molar-refractivity contribution in [3.05, 3.63) is 30.3 Å². The second-order valence-corrected chi connectivity index (χ2v) is 7.78. The second kappa shape index (κ2) is 5.62. The standard InChI is InChI=1S/C11H14F3NO2S2/c1-10(18-2,8-11(12,13)14)19(16,17)15-9-6-4-3-5-7-9/h3-7,15H,8H2,1-2H3. The van der Waals surface area contributed by atoms with E-state index in [0.29, 0.717) is 11.8 Å². The lowest BCUT2D eigenvalue weighted by Crippen LogP contribution is -2.40. The Bertz CT molecular complexity index is 516. The van der Waals surface area contributed by atoms with Crippen LogP contribution in [0.15, 0.2) is 30.3 Å². The number of thioether (sulfide) groups is 1. The number of hydrogen-bond donors (Lipinski definition) is 1. The van der Waals surface area contributed by atoms with E-state index >= 15 is 0 Å². The Labute approximate surface area is 114 Å². The fourth-order valence-corrected chi connectivity index (χ4v) is 3.74. The van der Waals surface area contributed by atoms with Crippen molar-refractivity contribution in [3.63, 3.8) is 0 Å². The molecule has 1 rings (SSSR count). The van der Waals surface area contributed by atoms with E-state index < -0.39 is 26.7 Å². The van der Waals surface area contributed by atoms with Gasteiger partial charge in [-0.1, -0.05) is 18.2 Å². The van der Waals surface area contributed by atoms with Gasteiger partial charge in [0.15, 0.2) is 0 Å². The van der Waals surface area contributed by atoms with Gasteiger partial charge in [0.2, 0.25) is 10.0 Å². The van der Waals surface area contributed by atoms with Gasteiger partial charge in [0.25, 0.3) is 0 Å². The first-order valence-corrected chi connectivity index (χ1v) is 8.00. The predicted octanol–water partition coefficient (Wildman–Crippen LogP) is 3.46. The average molecular weight is 313 g/mol. The van der Waals surface area contributed by atoms with Gasteiger partial charge in [-0.2, -0.15) is 13.2 Å². The third kappa shape index (κ3) is 4.31. The number of para-hydroxylation sites is 1. The summed E-state index contributed by atoms with van der Waals surface area (Å²) in [6, 6.07) is 7.83. The maximum Gasteiger partial charge on any atom is 0.391 e. The van der Waals surface area contributed by atoms with Crippen LogP contribution in [0.2, 0.25) is 0 Å². The van der Waals surface area contributed by atoms with Gasteiger partial charge in [-0.25, -0.2) is 8.42 Å². The maximum absolute atomic E-state index is 12.5. The molecule has 1 N–H and O–H groups in total. The zero-order chi connectivity index (χ0) is 14.7. The summed E-state index contributed by atoms with van der Waals surface area (Å²) in [5.74, 6) is 0. The van der Waals surface area contributed by atoms with Gasteiger partial charge in [-0.05, 0) is 25.3 Å². The van der Waals surface area contributed by atoms with E-state index in [-0.39, 0.29) is 5.69 Å². The zero-order valence-corrected chi connectivity index (χ0v) is 12.0. The zero-order valence-electron chi connectivity index (χ0n) is 10.4. The summed E-state index contributed by atoms with van der Waals surface area (Å²) in [6.45, 7) is 1.07. The molecule has 108 valence electrons. The first-order chi connectivity index (χ1) is 8.60. The molecule has 1 aromatic carbocycles. The fraction of sp³-hybridized carbons (Fsp3) is 0.455. The van der Waals surface area contributed by atoms with Gasteiger partial charge >= 0.3 is 6.18 Å². The lowest BCUT2D eigenvalue weighted by atomic mass is 10.3. The van der Waals surface area contributed by atoms with Gasteiger partial charge in [-0.15, -0.1) is 11.8 Å². The summed E-state index contributed by atoms with van der Waals surface area (Å²) in [5, 5.41) is 0. The molecule has 3 nitrogen and oxygen atoms in total. The molecule has 0 heterocycles.